The van der Waals surface area contributed by atoms with Crippen LogP contribution in [0.15, 0.2) is 47.7 Å². The molecule has 112 valence electrons. The number of anilines is 1. The third-order valence-corrected chi connectivity index (χ3v) is 3.21. The molecular formula is C15H16N6O. The van der Waals surface area contributed by atoms with Crippen LogP contribution in [0.25, 0.3) is 11.4 Å². The zero-order valence-electron chi connectivity index (χ0n) is 11.9. The Kier molecular flexibility index (Phi) is 4.24. The monoisotopic (exact) mass is 296 g/mol. The number of hydrogen-bond donors (Lipinski definition) is 3. The molecular weight excluding hydrogens is 280 g/mol. The highest BCUT2D eigenvalue weighted by atomic mass is 16.1. The van der Waals surface area contributed by atoms with Crippen LogP contribution in [0.4, 0.5) is 5.95 Å². The van der Waals surface area contributed by atoms with Gasteiger partial charge in [0.25, 0.3) is 5.56 Å². The third-order valence-electron chi connectivity index (χ3n) is 3.21. The van der Waals surface area contributed by atoms with Gasteiger partial charge in [-0.15, -0.1) is 0 Å². The van der Waals surface area contributed by atoms with Gasteiger partial charge in [-0.05, 0) is 31.0 Å². The van der Waals surface area contributed by atoms with Gasteiger partial charge >= 0.3 is 0 Å². The molecule has 0 saturated carbocycles. The molecule has 0 radical (unpaired) electrons. The SMILES string of the molecule is O=c1[nH][nH]cc1CCCNc1nccc(-c2ccccn2)n1. The lowest BCUT2D eigenvalue weighted by Gasteiger charge is -2.05. The molecule has 3 rings (SSSR count). The van der Waals surface area contributed by atoms with Gasteiger partial charge < -0.3 is 10.4 Å². The molecule has 3 aromatic heterocycles. The molecule has 0 fully saturated rings. The normalized spacial score (nSPS) is 10.5. The molecule has 0 spiro atoms. The first kappa shape index (κ1) is 14.0. The second kappa shape index (κ2) is 6.66. The van der Waals surface area contributed by atoms with Gasteiger partial charge in [0.15, 0.2) is 0 Å². The summed E-state index contributed by atoms with van der Waals surface area (Å²) in [6, 6.07) is 7.52. The smallest absolute Gasteiger partial charge is 0.267 e. The van der Waals surface area contributed by atoms with Crippen molar-refractivity contribution in [3.63, 3.8) is 0 Å². The average molecular weight is 296 g/mol. The molecule has 0 atom stereocenters. The summed E-state index contributed by atoms with van der Waals surface area (Å²) in [6.45, 7) is 0.691. The number of hydrogen-bond acceptors (Lipinski definition) is 5. The zero-order chi connectivity index (χ0) is 15.2. The Balaban J connectivity index is 1.57. The molecule has 0 bridgehead atoms. The lowest BCUT2D eigenvalue weighted by atomic mass is 10.2. The number of H-pyrrole nitrogens is 2. The van der Waals surface area contributed by atoms with Crippen LogP contribution in [-0.4, -0.2) is 31.7 Å². The lowest BCUT2D eigenvalue weighted by molar-refractivity contribution is 0.848. The molecule has 0 amide bonds. The van der Waals surface area contributed by atoms with Gasteiger partial charge in [-0.3, -0.25) is 14.9 Å². The Morgan fingerprint density at radius 3 is 2.82 bits per heavy atom. The van der Waals surface area contributed by atoms with Crippen molar-refractivity contribution in [3.8, 4) is 11.4 Å². The Hall–Kier alpha value is -2.96. The first-order valence-corrected chi connectivity index (χ1v) is 7.06. The van der Waals surface area contributed by atoms with Crippen molar-refractivity contribution in [1.29, 1.82) is 0 Å². The predicted octanol–water partition coefficient (Wildman–Crippen LogP) is 1.60. The van der Waals surface area contributed by atoms with Crippen LogP contribution in [0, 0.1) is 0 Å². The largest absolute Gasteiger partial charge is 0.354 e. The minimum absolute atomic E-state index is 0.0617. The van der Waals surface area contributed by atoms with E-state index in [-0.39, 0.29) is 5.56 Å². The van der Waals surface area contributed by atoms with Gasteiger partial charge in [0.05, 0.1) is 11.4 Å². The van der Waals surface area contributed by atoms with E-state index in [0.717, 1.165) is 23.4 Å². The fourth-order valence-electron chi connectivity index (χ4n) is 2.10. The molecule has 0 saturated heterocycles. The van der Waals surface area contributed by atoms with Crippen molar-refractivity contribution in [1.82, 2.24) is 25.1 Å². The molecule has 0 aliphatic heterocycles. The fraction of sp³-hybridized carbons (Fsp3) is 0.200. The molecule has 22 heavy (non-hydrogen) atoms. The van der Waals surface area contributed by atoms with Crippen LogP contribution in [-0.2, 0) is 6.42 Å². The van der Waals surface area contributed by atoms with Gasteiger partial charge in [0.1, 0.15) is 0 Å². The Morgan fingerprint density at radius 1 is 1.09 bits per heavy atom. The van der Waals surface area contributed by atoms with Crippen molar-refractivity contribution < 1.29 is 0 Å². The number of aryl methyl sites for hydroxylation is 1. The standard InChI is InChI=1S/C15H16N6O/c22-14-11(10-19-21-14)4-3-8-17-15-18-9-6-13(20-15)12-5-1-2-7-16-12/h1-2,5-7,9-10H,3-4,8H2,(H,17,18,20)(H2,19,21,22). The first-order valence-electron chi connectivity index (χ1n) is 7.06. The summed E-state index contributed by atoms with van der Waals surface area (Å²) in [6.07, 6.45) is 6.65. The summed E-state index contributed by atoms with van der Waals surface area (Å²) in [4.78, 5) is 24.2. The van der Waals surface area contributed by atoms with E-state index < -0.39 is 0 Å². The minimum Gasteiger partial charge on any atom is -0.354 e. The Labute approximate surface area is 126 Å². The second-order valence-electron chi connectivity index (χ2n) is 4.78. The number of pyridine rings is 1. The molecule has 7 nitrogen and oxygen atoms in total. The average Bonchev–Trinajstić information content (AvgIpc) is 2.98. The summed E-state index contributed by atoms with van der Waals surface area (Å²) in [5.41, 5.74) is 2.28. The van der Waals surface area contributed by atoms with Crippen LogP contribution < -0.4 is 10.9 Å². The van der Waals surface area contributed by atoms with Crippen molar-refractivity contribution >= 4 is 5.95 Å². The van der Waals surface area contributed by atoms with Crippen LogP contribution in [0.5, 0.6) is 0 Å². The molecule has 3 heterocycles. The fourth-order valence-corrected chi connectivity index (χ4v) is 2.10. The minimum atomic E-state index is -0.0617. The number of nitrogens with one attached hydrogen (secondary N) is 3. The van der Waals surface area contributed by atoms with E-state index in [0.29, 0.717) is 18.9 Å². The van der Waals surface area contributed by atoms with E-state index >= 15 is 0 Å². The van der Waals surface area contributed by atoms with Gasteiger partial charge in [0, 0.05) is 30.7 Å². The van der Waals surface area contributed by atoms with Crippen LogP contribution in [0.2, 0.25) is 0 Å². The molecule has 0 unspecified atom stereocenters. The molecule has 7 heteroatoms. The van der Waals surface area contributed by atoms with Crippen LogP contribution in [0.3, 0.4) is 0 Å². The summed E-state index contributed by atoms with van der Waals surface area (Å²) >= 11 is 0. The second-order valence-corrected chi connectivity index (χ2v) is 4.78. The van der Waals surface area contributed by atoms with E-state index in [9.17, 15) is 4.79 Å². The van der Waals surface area contributed by atoms with Gasteiger partial charge in [-0.2, -0.15) is 0 Å². The predicted molar refractivity (Wildman–Crippen MR) is 83.5 cm³/mol. The third kappa shape index (κ3) is 3.38. The summed E-state index contributed by atoms with van der Waals surface area (Å²) in [5.74, 6) is 0.561. The number of nitrogens with zero attached hydrogens (tertiary/aromatic N) is 3. The maximum Gasteiger partial charge on any atom is 0.267 e. The maximum absolute atomic E-state index is 11.3. The first-order chi connectivity index (χ1) is 10.8. The van der Waals surface area contributed by atoms with Gasteiger partial charge in [-0.25, -0.2) is 9.97 Å². The van der Waals surface area contributed by atoms with Crippen molar-refractivity contribution in [3.05, 3.63) is 58.8 Å². The van der Waals surface area contributed by atoms with E-state index in [1.165, 1.54) is 0 Å². The van der Waals surface area contributed by atoms with E-state index in [2.05, 4.69) is 30.5 Å². The lowest BCUT2D eigenvalue weighted by Crippen LogP contribution is -2.10. The van der Waals surface area contributed by atoms with E-state index in [4.69, 9.17) is 0 Å². The van der Waals surface area contributed by atoms with Gasteiger partial charge in [0.2, 0.25) is 5.95 Å². The Morgan fingerprint density at radius 2 is 2.05 bits per heavy atom. The number of aromatic amines is 2. The van der Waals surface area contributed by atoms with Crippen LogP contribution >= 0.6 is 0 Å². The van der Waals surface area contributed by atoms with E-state index in [1.807, 2.05) is 24.3 Å². The number of aromatic nitrogens is 5. The highest BCUT2D eigenvalue weighted by Crippen LogP contribution is 2.13. The summed E-state index contributed by atoms with van der Waals surface area (Å²) < 4.78 is 0. The topological polar surface area (TPSA) is 99.3 Å². The molecule has 0 aromatic carbocycles. The summed E-state index contributed by atoms with van der Waals surface area (Å²) in [5, 5.41) is 8.38. The number of rotatable bonds is 6. The Bertz CT molecular complexity index is 780. The quantitative estimate of drug-likeness (QED) is 0.600. The maximum atomic E-state index is 11.3. The molecule has 0 aliphatic rings. The van der Waals surface area contributed by atoms with Crippen molar-refractivity contribution in [2.75, 3.05) is 11.9 Å². The van der Waals surface area contributed by atoms with Crippen LogP contribution in [0.1, 0.15) is 12.0 Å². The summed E-state index contributed by atoms with van der Waals surface area (Å²) in [7, 11) is 0. The molecule has 3 N–H and O–H groups in total. The molecule has 0 aliphatic carbocycles. The highest BCUT2D eigenvalue weighted by molar-refractivity contribution is 5.54. The zero-order valence-corrected chi connectivity index (χ0v) is 11.9. The van der Waals surface area contributed by atoms with Crippen molar-refractivity contribution in [2.24, 2.45) is 0 Å². The van der Waals surface area contributed by atoms with Gasteiger partial charge in [-0.1, -0.05) is 6.07 Å². The van der Waals surface area contributed by atoms with E-state index in [1.54, 1.807) is 18.6 Å². The highest BCUT2D eigenvalue weighted by Gasteiger charge is 2.03. The van der Waals surface area contributed by atoms with Crippen molar-refractivity contribution in [2.45, 2.75) is 12.8 Å². The molecule has 3 aromatic rings.